The molecule has 2 aromatic rings. The van der Waals surface area contributed by atoms with Crippen molar-refractivity contribution >= 4 is 0 Å². The first-order chi connectivity index (χ1) is 7.95. The van der Waals surface area contributed by atoms with Gasteiger partial charge >= 0.3 is 0 Å². The Morgan fingerprint density at radius 1 is 1.06 bits per heavy atom. The third-order valence-electron chi connectivity index (χ3n) is 2.94. The molecule has 2 rings (SSSR count). The van der Waals surface area contributed by atoms with Crippen LogP contribution >= 0.6 is 0 Å². The lowest BCUT2D eigenvalue weighted by Gasteiger charge is -2.19. The van der Waals surface area contributed by atoms with Crippen molar-refractivity contribution in [3.63, 3.8) is 0 Å². The quantitative estimate of drug-likeness (QED) is 0.768. The van der Waals surface area contributed by atoms with Crippen LogP contribution in [0.15, 0.2) is 36.5 Å². The monoisotopic (exact) mass is 228 g/mol. The molecule has 0 aliphatic rings. The van der Waals surface area contributed by atoms with Crippen LogP contribution in [-0.2, 0) is 12.0 Å². The molecule has 0 spiro atoms. The summed E-state index contributed by atoms with van der Waals surface area (Å²) < 4.78 is 1.97. The van der Waals surface area contributed by atoms with Crippen LogP contribution in [0.25, 0.3) is 0 Å². The summed E-state index contributed by atoms with van der Waals surface area (Å²) in [7, 11) is 0. The lowest BCUT2D eigenvalue weighted by Crippen LogP contribution is -2.11. The average Bonchev–Trinajstić information content (AvgIpc) is 2.63. The molecule has 0 amide bonds. The minimum atomic E-state index is 0.223. The van der Waals surface area contributed by atoms with Crippen LogP contribution in [0.1, 0.15) is 37.6 Å². The third kappa shape index (κ3) is 2.96. The van der Waals surface area contributed by atoms with Crippen molar-refractivity contribution in [1.82, 2.24) is 9.78 Å². The highest BCUT2D eigenvalue weighted by Crippen LogP contribution is 2.22. The molecule has 0 aliphatic heterocycles. The maximum Gasteiger partial charge on any atom is 0.0659 e. The molecule has 90 valence electrons. The Morgan fingerprint density at radius 3 is 2.18 bits per heavy atom. The number of rotatable bonds is 2. The van der Waals surface area contributed by atoms with Gasteiger partial charge in [0.25, 0.3) is 0 Å². The molecule has 0 atom stereocenters. The van der Waals surface area contributed by atoms with Crippen LogP contribution in [0.4, 0.5) is 0 Å². The van der Waals surface area contributed by atoms with Crippen molar-refractivity contribution in [2.75, 3.05) is 0 Å². The van der Waals surface area contributed by atoms with E-state index in [9.17, 15) is 0 Å². The number of hydrogen-bond acceptors (Lipinski definition) is 1. The first kappa shape index (κ1) is 11.9. The number of aryl methyl sites for hydroxylation is 1. The fourth-order valence-corrected chi connectivity index (χ4v) is 1.85. The molecule has 1 aromatic carbocycles. The summed E-state index contributed by atoms with van der Waals surface area (Å²) >= 11 is 0. The molecule has 1 heterocycles. The molecule has 0 N–H and O–H groups in total. The molecule has 1 aromatic heterocycles. The van der Waals surface area contributed by atoms with E-state index in [-0.39, 0.29) is 5.41 Å². The zero-order chi connectivity index (χ0) is 12.5. The van der Waals surface area contributed by atoms with Crippen molar-refractivity contribution in [2.45, 2.75) is 39.7 Å². The van der Waals surface area contributed by atoms with E-state index >= 15 is 0 Å². The van der Waals surface area contributed by atoms with Crippen LogP contribution in [0.2, 0.25) is 0 Å². The zero-order valence-electron chi connectivity index (χ0n) is 11.1. The van der Waals surface area contributed by atoms with Gasteiger partial charge in [0.05, 0.1) is 12.2 Å². The van der Waals surface area contributed by atoms with Gasteiger partial charge in [0.1, 0.15) is 0 Å². The molecule has 0 unspecified atom stereocenters. The van der Waals surface area contributed by atoms with Crippen LogP contribution < -0.4 is 0 Å². The maximum absolute atomic E-state index is 4.39. The lowest BCUT2D eigenvalue weighted by atomic mass is 9.87. The van der Waals surface area contributed by atoms with Gasteiger partial charge in [0.2, 0.25) is 0 Å². The Morgan fingerprint density at radius 2 is 1.71 bits per heavy atom. The Labute approximate surface area is 103 Å². The van der Waals surface area contributed by atoms with E-state index in [1.54, 1.807) is 0 Å². The predicted molar refractivity (Wildman–Crippen MR) is 71.2 cm³/mol. The molecule has 0 radical (unpaired) electrons. The summed E-state index contributed by atoms with van der Waals surface area (Å²) in [6.07, 6.45) is 2.02. The largest absolute Gasteiger partial charge is 0.268 e. The highest BCUT2D eigenvalue weighted by atomic mass is 15.3. The van der Waals surface area contributed by atoms with Crippen molar-refractivity contribution in [1.29, 1.82) is 0 Å². The lowest BCUT2D eigenvalue weighted by molar-refractivity contribution is 0.589. The maximum atomic E-state index is 4.39. The number of aromatic nitrogens is 2. The van der Waals surface area contributed by atoms with Crippen LogP contribution in [0.3, 0.4) is 0 Å². The molecule has 17 heavy (non-hydrogen) atoms. The van der Waals surface area contributed by atoms with Gasteiger partial charge in [0, 0.05) is 6.20 Å². The van der Waals surface area contributed by atoms with Crippen LogP contribution in [-0.4, -0.2) is 9.78 Å². The topological polar surface area (TPSA) is 17.8 Å². The molecular weight excluding hydrogens is 208 g/mol. The fourth-order valence-electron chi connectivity index (χ4n) is 1.85. The summed E-state index contributed by atoms with van der Waals surface area (Å²) in [5.74, 6) is 0. The SMILES string of the molecule is Cc1ccn(Cc2ccc(C(C)(C)C)cc2)n1. The van der Waals surface area contributed by atoms with Gasteiger partial charge in [-0.2, -0.15) is 5.10 Å². The van der Waals surface area contributed by atoms with Gasteiger partial charge in [-0.25, -0.2) is 0 Å². The minimum Gasteiger partial charge on any atom is -0.268 e. The summed E-state index contributed by atoms with van der Waals surface area (Å²) in [6, 6.07) is 10.8. The van der Waals surface area contributed by atoms with Crippen molar-refractivity contribution in [3.8, 4) is 0 Å². The summed E-state index contributed by atoms with van der Waals surface area (Å²) in [5, 5.41) is 4.39. The van der Waals surface area contributed by atoms with E-state index < -0.39 is 0 Å². The Kier molecular flexibility index (Phi) is 3.05. The highest BCUT2D eigenvalue weighted by Gasteiger charge is 2.12. The minimum absolute atomic E-state index is 0.223. The predicted octanol–water partition coefficient (Wildman–Crippen LogP) is 3.54. The molecule has 0 bridgehead atoms. The molecule has 0 saturated carbocycles. The third-order valence-corrected chi connectivity index (χ3v) is 2.94. The number of nitrogens with zero attached hydrogens (tertiary/aromatic N) is 2. The summed E-state index contributed by atoms with van der Waals surface area (Å²) in [6.45, 7) is 9.56. The van der Waals surface area contributed by atoms with Gasteiger partial charge in [0.15, 0.2) is 0 Å². The van der Waals surface area contributed by atoms with E-state index in [2.05, 4.69) is 50.1 Å². The van der Waals surface area contributed by atoms with E-state index in [4.69, 9.17) is 0 Å². The van der Waals surface area contributed by atoms with Crippen LogP contribution in [0, 0.1) is 6.92 Å². The van der Waals surface area contributed by atoms with E-state index in [1.807, 2.05) is 23.9 Å². The van der Waals surface area contributed by atoms with Crippen molar-refractivity contribution in [3.05, 3.63) is 53.3 Å². The van der Waals surface area contributed by atoms with Gasteiger partial charge < -0.3 is 0 Å². The van der Waals surface area contributed by atoms with Gasteiger partial charge in [-0.15, -0.1) is 0 Å². The number of benzene rings is 1. The second-order valence-electron chi connectivity index (χ2n) is 5.60. The van der Waals surface area contributed by atoms with E-state index in [1.165, 1.54) is 11.1 Å². The zero-order valence-corrected chi connectivity index (χ0v) is 11.1. The second-order valence-corrected chi connectivity index (χ2v) is 5.60. The fraction of sp³-hybridized carbons (Fsp3) is 0.400. The molecule has 0 fully saturated rings. The van der Waals surface area contributed by atoms with Gasteiger partial charge in [-0.3, -0.25) is 4.68 Å². The normalized spacial score (nSPS) is 11.8. The van der Waals surface area contributed by atoms with Crippen molar-refractivity contribution in [2.24, 2.45) is 0 Å². The molecule has 2 heteroatoms. The Hall–Kier alpha value is -1.57. The second kappa shape index (κ2) is 4.36. The van der Waals surface area contributed by atoms with Gasteiger partial charge in [-0.05, 0) is 29.5 Å². The van der Waals surface area contributed by atoms with Gasteiger partial charge in [-0.1, -0.05) is 45.0 Å². The summed E-state index contributed by atoms with van der Waals surface area (Å²) in [4.78, 5) is 0. The Bertz CT molecular complexity index is 486. The summed E-state index contributed by atoms with van der Waals surface area (Å²) in [5.41, 5.74) is 3.95. The first-order valence-electron chi connectivity index (χ1n) is 6.04. The standard InChI is InChI=1S/C15H20N2/c1-12-9-10-17(16-12)11-13-5-7-14(8-6-13)15(2,3)4/h5-10H,11H2,1-4H3. The number of hydrogen-bond donors (Lipinski definition) is 0. The first-order valence-corrected chi connectivity index (χ1v) is 6.04. The molecular formula is C15H20N2. The average molecular weight is 228 g/mol. The molecule has 2 nitrogen and oxygen atoms in total. The molecule has 0 saturated heterocycles. The molecule has 0 aliphatic carbocycles. The van der Waals surface area contributed by atoms with E-state index in [0.29, 0.717) is 0 Å². The Balaban J connectivity index is 2.13. The highest BCUT2D eigenvalue weighted by molar-refractivity contribution is 5.27. The van der Waals surface area contributed by atoms with Crippen LogP contribution in [0.5, 0.6) is 0 Å². The van der Waals surface area contributed by atoms with E-state index in [0.717, 1.165) is 12.2 Å². The smallest absolute Gasteiger partial charge is 0.0659 e. The van der Waals surface area contributed by atoms with Crippen molar-refractivity contribution < 1.29 is 0 Å².